The highest BCUT2D eigenvalue weighted by atomic mass is 32.1. The minimum atomic E-state index is -4.33. The SMILES string of the molecule is Cc1cc(C(F)(F)F)ccc1-c1cnc[nH]c1=S. The molecular weight excluding hydrogens is 261 g/mol. The zero-order valence-electron chi connectivity index (χ0n) is 9.38. The Labute approximate surface area is 107 Å². The highest BCUT2D eigenvalue weighted by Crippen LogP contribution is 2.32. The van der Waals surface area contributed by atoms with Gasteiger partial charge in [0.1, 0.15) is 4.64 Å². The molecule has 0 saturated carbocycles. The molecule has 1 N–H and O–H groups in total. The highest BCUT2D eigenvalue weighted by Gasteiger charge is 2.30. The predicted molar refractivity (Wildman–Crippen MR) is 64.6 cm³/mol. The van der Waals surface area contributed by atoms with Crippen LogP contribution in [-0.4, -0.2) is 9.97 Å². The largest absolute Gasteiger partial charge is 0.416 e. The van der Waals surface area contributed by atoms with E-state index in [0.717, 1.165) is 12.1 Å². The molecule has 0 radical (unpaired) electrons. The maximum Gasteiger partial charge on any atom is 0.416 e. The number of hydrogen-bond acceptors (Lipinski definition) is 2. The Morgan fingerprint density at radius 1 is 1.22 bits per heavy atom. The summed E-state index contributed by atoms with van der Waals surface area (Å²) in [5, 5.41) is 0. The molecule has 0 bridgehead atoms. The van der Waals surface area contributed by atoms with Gasteiger partial charge in [-0.2, -0.15) is 13.2 Å². The van der Waals surface area contributed by atoms with E-state index in [-0.39, 0.29) is 0 Å². The number of nitrogens with zero attached hydrogens (tertiary/aromatic N) is 1. The lowest BCUT2D eigenvalue weighted by molar-refractivity contribution is -0.137. The first-order chi connectivity index (χ1) is 8.39. The molecule has 6 heteroatoms. The van der Waals surface area contributed by atoms with Gasteiger partial charge in [0.2, 0.25) is 0 Å². The summed E-state index contributed by atoms with van der Waals surface area (Å²) in [5.74, 6) is 0. The number of rotatable bonds is 1. The molecular formula is C12H9F3N2S. The molecule has 0 fully saturated rings. The summed E-state index contributed by atoms with van der Waals surface area (Å²) >= 11 is 5.08. The normalized spacial score (nSPS) is 11.6. The number of aromatic amines is 1. The molecule has 0 atom stereocenters. The second-order valence-electron chi connectivity index (χ2n) is 3.82. The fourth-order valence-electron chi connectivity index (χ4n) is 1.68. The summed E-state index contributed by atoms with van der Waals surface area (Å²) in [7, 11) is 0. The average molecular weight is 270 g/mol. The molecule has 2 aromatic rings. The second kappa shape index (κ2) is 4.53. The lowest BCUT2D eigenvalue weighted by atomic mass is 10.0. The van der Waals surface area contributed by atoms with Crippen LogP contribution in [0.15, 0.2) is 30.7 Å². The van der Waals surface area contributed by atoms with Crippen LogP contribution in [-0.2, 0) is 6.18 Å². The molecule has 1 heterocycles. The van der Waals surface area contributed by atoms with Crippen molar-refractivity contribution in [3.63, 3.8) is 0 Å². The van der Waals surface area contributed by atoms with Gasteiger partial charge in [-0.15, -0.1) is 0 Å². The number of hydrogen-bond donors (Lipinski definition) is 1. The number of aryl methyl sites for hydroxylation is 1. The van der Waals surface area contributed by atoms with Crippen molar-refractivity contribution in [3.8, 4) is 11.1 Å². The van der Waals surface area contributed by atoms with Crippen molar-refractivity contribution < 1.29 is 13.2 Å². The molecule has 1 aromatic heterocycles. The average Bonchev–Trinajstić information content (AvgIpc) is 2.29. The molecule has 0 aliphatic carbocycles. The Kier molecular flexibility index (Phi) is 3.21. The second-order valence-corrected chi connectivity index (χ2v) is 4.23. The number of benzene rings is 1. The maximum atomic E-state index is 12.5. The van der Waals surface area contributed by atoms with Crippen LogP contribution in [0.1, 0.15) is 11.1 Å². The number of alkyl halides is 3. The molecule has 18 heavy (non-hydrogen) atoms. The van der Waals surface area contributed by atoms with Crippen molar-refractivity contribution in [1.82, 2.24) is 9.97 Å². The first-order valence-corrected chi connectivity index (χ1v) is 5.51. The summed E-state index contributed by atoms with van der Waals surface area (Å²) in [6.07, 6.45) is -1.36. The predicted octanol–water partition coefficient (Wildman–Crippen LogP) is 4.13. The third kappa shape index (κ3) is 2.43. The Bertz CT molecular complexity index is 632. The van der Waals surface area contributed by atoms with Crippen LogP contribution in [0.2, 0.25) is 0 Å². The first kappa shape index (κ1) is 12.8. The summed E-state index contributed by atoms with van der Waals surface area (Å²) < 4.78 is 38.1. The van der Waals surface area contributed by atoms with E-state index in [2.05, 4.69) is 9.97 Å². The fraction of sp³-hybridized carbons (Fsp3) is 0.167. The van der Waals surface area contributed by atoms with E-state index in [1.807, 2.05) is 0 Å². The van der Waals surface area contributed by atoms with E-state index in [4.69, 9.17) is 12.2 Å². The van der Waals surface area contributed by atoms with Gasteiger partial charge in [-0.25, -0.2) is 4.98 Å². The van der Waals surface area contributed by atoms with Crippen molar-refractivity contribution in [2.75, 3.05) is 0 Å². The molecule has 0 saturated heterocycles. The van der Waals surface area contributed by atoms with E-state index < -0.39 is 11.7 Å². The molecule has 94 valence electrons. The lowest BCUT2D eigenvalue weighted by Gasteiger charge is -2.10. The maximum absolute atomic E-state index is 12.5. The van der Waals surface area contributed by atoms with Gasteiger partial charge in [0.25, 0.3) is 0 Å². The van der Waals surface area contributed by atoms with Gasteiger partial charge in [0.05, 0.1) is 11.9 Å². The van der Waals surface area contributed by atoms with Crippen LogP contribution in [0.3, 0.4) is 0 Å². The summed E-state index contributed by atoms with van der Waals surface area (Å²) in [5.41, 5.74) is 1.12. The van der Waals surface area contributed by atoms with Crippen LogP contribution in [0, 0.1) is 11.6 Å². The van der Waals surface area contributed by atoms with Crippen molar-refractivity contribution >= 4 is 12.2 Å². The van der Waals surface area contributed by atoms with Gasteiger partial charge in [0, 0.05) is 11.8 Å². The fourth-order valence-corrected chi connectivity index (χ4v) is 1.89. The molecule has 2 rings (SSSR count). The monoisotopic (exact) mass is 270 g/mol. The van der Waals surface area contributed by atoms with Crippen LogP contribution < -0.4 is 0 Å². The van der Waals surface area contributed by atoms with Gasteiger partial charge in [-0.3, -0.25) is 0 Å². The third-order valence-corrected chi connectivity index (χ3v) is 2.90. The summed E-state index contributed by atoms with van der Waals surface area (Å²) in [6, 6.07) is 3.57. The smallest absolute Gasteiger partial charge is 0.337 e. The first-order valence-electron chi connectivity index (χ1n) is 5.10. The Morgan fingerprint density at radius 2 is 1.94 bits per heavy atom. The zero-order chi connectivity index (χ0) is 13.3. The quantitative estimate of drug-likeness (QED) is 0.789. The van der Waals surface area contributed by atoms with Gasteiger partial charge < -0.3 is 4.98 Å². The molecule has 0 aliphatic rings. The van der Waals surface area contributed by atoms with Crippen molar-refractivity contribution in [2.24, 2.45) is 0 Å². The number of nitrogens with one attached hydrogen (secondary N) is 1. The van der Waals surface area contributed by atoms with Gasteiger partial charge in [0.15, 0.2) is 0 Å². The molecule has 0 amide bonds. The van der Waals surface area contributed by atoms with E-state index in [1.165, 1.54) is 18.6 Å². The molecule has 0 spiro atoms. The minimum absolute atomic E-state index is 0.452. The third-order valence-electron chi connectivity index (χ3n) is 2.56. The van der Waals surface area contributed by atoms with Crippen LogP contribution in [0.4, 0.5) is 13.2 Å². The van der Waals surface area contributed by atoms with E-state index in [9.17, 15) is 13.2 Å². The van der Waals surface area contributed by atoms with Crippen molar-refractivity contribution in [1.29, 1.82) is 0 Å². The van der Waals surface area contributed by atoms with Crippen LogP contribution >= 0.6 is 12.2 Å². The molecule has 0 unspecified atom stereocenters. The summed E-state index contributed by atoms with van der Waals surface area (Å²) in [4.78, 5) is 6.64. The van der Waals surface area contributed by atoms with Gasteiger partial charge in [-0.05, 0) is 30.2 Å². The molecule has 2 nitrogen and oxygen atoms in total. The standard InChI is InChI=1S/C12H9F3N2S/c1-7-4-8(12(13,14)15)2-3-9(7)10-5-16-6-17-11(10)18/h2-6H,1H3,(H,16,17,18). The lowest BCUT2D eigenvalue weighted by Crippen LogP contribution is -2.05. The number of halogens is 3. The number of H-pyrrole nitrogens is 1. The zero-order valence-corrected chi connectivity index (χ0v) is 10.2. The number of aromatic nitrogens is 2. The molecule has 0 aliphatic heterocycles. The van der Waals surface area contributed by atoms with Gasteiger partial charge in [-0.1, -0.05) is 18.3 Å². The van der Waals surface area contributed by atoms with Crippen LogP contribution in [0.25, 0.3) is 11.1 Å². The highest BCUT2D eigenvalue weighted by molar-refractivity contribution is 7.71. The Morgan fingerprint density at radius 3 is 2.50 bits per heavy atom. The van der Waals surface area contributed by atoms with E-state index in [0.29, 0.717) is 21.3 Å². The van der Waals surface area contributed by atoms with E-state index >= 15 is 0 Å². The van der Waals surface area contributed by atoms with Crippen molar-refractivity contribution in [3.05, 3.63) is 46.5 Å². The van der Waals surface area contributed by atoms with Crippen LogP contribution in [0.5, 0.6) is 0 Å². The van der Waals surface area contributed by atoms with E-state index in [1.54, 1.807) is 6.92 Å². The minimum Gasteiger partial charge on any atom is -0.337 e. The summed E-state index contributed by atoms with van der Waals surface area (Å²) in [6.45, 7) is 1.62. The molecule has 1 aromatic carbocycles. The van der Waals surface area contributed by atoms with Crippen molar-refractivity contribution in [2.45, 2.75) is 13.1 Å². The Hall–Kier alpha value is -1.69. The Balaban J connectivity index is 2.56. The van der Waals surface area contributed by atoms with Gasteiger partial charge >= 0.3 is 6.18 Å². The topological polar surface area (TPSA) is 28.7 Å².